The van der Waals surface area contributed by atoms with Gasteiger partial charge in [-0.2, -0.15) is 5.10 Å². The minimum absolute atomic E-state index is 0. The number of carbonyl (C=O) groups is 1. The molecular formula is C16H23ClN4O2. The summed E-state index contributed by atoms with van der Waals surface area (Å²) in [7, 11) is 5.26. The average molecular weight is 339 g/mol. The van der Waals surface area contributed by atoms with Crippen molar-refractivity contribution in [2.45, 2.75) is 19.2 Å². The van der Waals surface area contributed by atoms with Crippen molar-refractivity contribution < 1.29 is 9.53 Å². The molecule has 1 atom stereocenters. The predicted molar refractivity (Wildman–Crippen MR) is 91.3 cm³/mol. The number of nitrogens with zero attached hydrogens (tertiary/aromatic N) is 2. The lowest BCUT2D eigenvalue weighted by Crippen LogP contribution is -2.35. The fourth-order valence-corrected chi connectivity index (χ4v) is 2.25. The van der Waals surface area contributed by atoms with Gasteiger partial charge in [0.05, 0.1) is 12.8 Å². The van der Waals surface area contributed by atoms with Gasteiger partial charge in [-0.05, 0) is 18.2 Å². The highest BCUT2D eigenvalue weighted by Gasteiger charge is 2.19. The Morgan fingerprint density at radius 3 is 2.48 bits per heavy atom. The zero-order chi connectivity index (χ0) is 15.9. The lowest BCUT2D eigenvalue weighted by atomic mass is 10.1. The first-order valence-electron chi connectivity index (χ1n) is 7.14. The molecule has 1 aromatic heterocycles. The van der Waals surface area contributed by atoms with E-state index >= 15 is 0 Å². The fraction of sp³-hybridized carbons (Fsp3) is 0.375. The number of likely N-dealkylation sites (N-methyl/N-ethyl adjacent to an activating group) is 1. The van der Waals surface area contributed by atoms with Gasteiger partial charge in [0, 0.05) is 32.5 Å². The number of ether oxygens (including phenoxy) is 1. The van der Waals surface area contributed by atoms with E-state index in [0.29, 0.717) is 13.2 Å². The summed E-state index contributed by atoms with van der Waals surface area (Å²) in [5.41, 5.74) is 3.01. The van der Waals surface area contributed by atoms with Crippen LogP contribution in [0.15, 0.2) is 36.7 Å². The Morgan fingerprint density at radius 1 is 1.30 bits per heavy atom. The van der Waals surface area contributed by atoms with Gasteiger partial charge in [-0.3, -0.25) is 9.48 Å². The number of hydrogen-bond donors (Lipinski definition) is 2. The van der Waals surface area contributed by atoms with Gasteiger partial charge >= 0.3 is 0 Å². The number of benzene rings is 1. The second kappa shape index (κ2) is 9.29. The smallest absolute Gasteiger partial charge is 0.242 e. The van der Waals surface area contributed by atoms with E-state index < -0.39 is 6.04 Å². The Hall–Kier alpha value is -1.89. The van der Waals surface area contributed by atoms with E-state index in [2.05, 4.69) is 15.7 Å². The summed E-state index contributed by atoms with van der Waals surface area (Å²) < 4.78 is 6.76. The molecular weight excluding hydrogens is 316 g/mol. The van der Waals surface area contributed by atoms with Crippen molar-refractivity contribution in [3.05, 3.63) is 53.3 Å². The van der Waals surface area contributed by atoms with Crippen LogP contribution in [0.1, 0.15) is 22.7 Å². The number of aryl methyl sites for hydroxylation is 1. The van der Waals surface area contributed by atoms with Crippen LogP contribution in [-0.2, 0) is 29.7 Å². The third kappa shape index (κ3) is 5.35. The van der Waals surface area contributed by atoms with Crippen LogP contribution in [0.2, 0.25) is 0 Å². The predicted octanol–water partition coefficient (Wildman–Crippen LogP) is 1.57. The van der Waals surface area contributed by atoms with Crippen molar-refractivity contribution in [2.24, 2.45) is 7.05 Å². The zero-order valence-electron chi connectivity index (χ0n) is 13.6. The van der Waals surface area contributed by atoms with Crippen LogP contribution in [0.5, 0.6) is 0 Å². The molecule has 0 radical (unpaired) electrons. The molecule has 1 aromatic carbocycles. The summed E-state index contributed by atoms with van der Waals surface area (Å²) in [6.45, 7) is 1.08. The van der Waals surface area contributed by atoms with Gasteiger partial charge in [0.15, 0.2) is 0 Å². The van der Waals surface area contributed by atoms with Crippen molar-refractivity contribution in [3.8, 4) is 0 Å². The standard InChI is InChI=1S/C16H22N4O2.ClH/c1-17-15(14-9-19-20(2)10-14)16(21)18-8-12-4-6-13(7-5-12)11-22-3;/h4-7,9-10,15,17H,8,11H2,1-3H3,(H,18,21);1H. The molecule has 6 nitrogen and oxygen atoms in total. The summed E-state index contributed by atoms with van der Waals surface area (Å²) in [6.07, 6.45) is 3.53. The molecule has 0 aliphatic rings. The van der Waals surface area contributed by atoms with E-state index in [1.54, 1.807) is 25.0 Å². The molecule has 1 heterocycles. The van der Waals surface area contributed by atoms with Gasteiger partial charge in [0.25, 0.3) is 0 Å². The van der Waals surface area contributed by atoms with Gasteiger partial charge in [-0.1, -0.05) is 24.3 Å². The number of halogens is 1. The Balaban J connectivity index is 0.00000264. The number of rotatable bonds is 7. The molecule has 0 saturated heterocycles. The number of aromatic nitrogens is 2. The molecule has 23 heavy (non-hydrogen) atoms. The summed E-state index contributed by atoms with van der Waals surface area (Å²) in [4.78, 5) is 12.3. The molecule has 1 unspecified atom stereocenters. The third-order valence-corrected chi connectivity index (χ3v) is 3.41. The van der Waals surface area contributed by atoms with Crippen molar-refractivity contribution in [2.75, 3.05) is 14.2 Å². The largest absolute Gasteiger partial charge is 0.380 e. The van der Waals surface area contributed by atoms with Crippen LogP contribution in [0, 0.1) is 0 Å². The van der Waals surface area contributed by atoms with E-state index in [1.807, 2.05) is 37.5 Å². The van der Waals surface area contributed by atoms with Crippen LogP contribution in [0.4, 0.5) is 0 Å². The van der Waals surface area contributed by atoms with Gasteiger partial charge in [0.2, 0.25) is 5.91 Å². The third-order valence-electron chi connectivity index (χ3n) is 3.41. The van der Waals surface area contributed by atoms with Crippen molar-refractivity contribution >= 4 is 18.3 Å². The van der Waals surface area contributed by atoms with E-state index in [0.717, 1.165) is 16.7 Å². The maximum Gasteiger partial charge on any atom is 0.242 e. The van der Waals surface area contributed by atoms with Crippen LogP contribution in [-0.4, -0.2) is 29.8 Å². The Kier molecular flexibility index (Phi) is 7.74. The molecule has 0 bridgehead atoms. The van der Waals surface area contributed by atoms with Gasteiger partial charge in [-0.25, -0.2) is 0 Å². The average Bonchev–Trinajstić information content (AvgIpc) is 2.94. The lowest BCUT2D eigenvalue weighted by Gasteiger charge is -2.14. The van der Waals surface area contributed by atoms with Crippen LogP contribution < -0.4 is 10.6 Å². The fourth-order valence-electron chi connectivity index (χ4n) is 2.25. The molecule has 7 heteroatoms. The van der Waals surface area contributed by atoms with E-state index in [-0.39, 0.29) is 18.3 Å². The Morgan fingerprint density at radius 2 is 1.96 bits per heavy atom. The first-order chi connectivity index (χ1) is 10.6. The minimum atomic E-state index is -0.401. The molecule has 1 amide bonds. The first-order valence-corrected chi connectivity index (χ1v) is 7.14. The van der Waals surface area contributed by atoms with Crippen LogP contribution in [0.3, 0.4) is 0 Å². The van der Waals surface area contributed by atoms with E-state index in [4.69, 9.17) is 4.74 Å². The summed E-state index contributed by atoms with van der Waals surface area (Å²) in [5, 5.41) is 10.0. The van der Waals surface area contributed by atoms with Gasteiger partial charge < -0.3 is 15.4 Å². The number of amides is 1. The SMILES string of the molecule is CNC(C(=O)NCc1ccc(COC)cc1)c1cnn(C)c1.Cl. The molecule has 0 spiro atoms. The summed E-state index contributed by atoms with van der Waals surface area (Å²) in [5.74, 6) is -0.0727. The molecule has 2 aromatic rings. The van der Waals surface area contributed by atoms with Crippen LogP contribution >= 0.6 is 12.4 Å². The summed E-state index contributed by atoms with van der Waals surface area (Å²) >= 11 is 0. The molecule has 2 N–H and O–H groups in total. The lowest BCUT2D eigenvalue weighted by molar-refractivity contribution is -0.123. The van der Waals surface area contributed by atoms with Gasteiger partial charge in [-0.15, -0.1) is 12.4 Å². The Labute approximate surface area is 142 Å². The normalized spacial score (nSPS) is 11.6. The Bertz CT molecular complexity index is 613. The topological polar surface area (TPSA) is 68.2 Å². The minimum Gasteiger partial charge on any atom is -0.380 e. The molecule has 0 saturated carbocycles. The highest BCUT2D eigenvalue weighted by Crippen LogP contribution is 2.12. The second-order valence-electron chi connectivity index (χ2n) is 5.14. The first kappa shape index (κ1) is 19.2. The van der Waals surface area contributed by atoms with Crippen molar-refractivity contribution in [3.63, 3.8) is 0 Å². The zero-order valence-corrected chi connectivity index (χ0v) is 14.4. The number of hydrogen-bond acceptors (Lipinski definition) is 4. The highest BCUT2D eigenvalue weighted by molar-refractivity contribution is 5.85. The van der Waals surface area contributed by atoms with E-state index in [1.165, 1.54) is 0 Å². The maximum atomic E-state index is 12.3. The number of methoxy groups -OCH3 is 1. The molecule has 0 aliphatic heterocycles. The molecule has 126 valence electrons. The van der Waals surface area contributed by atoms with E-state index in [9.17, 15) is 4.79 Å². The monoisotopic (exact) mass is 338 g/mol. The number of carbonyl (C=O) groups excluding carboxylic acids is 1. The summed E-state index contributed by atoms with van der Waals surface area (Å²) in [6, 6.07) is 7.59. The molecule has 2 rings (SSSR count). The maximum absolute atomic E-state index is 12.3. The van der Waals surface area contributed by atoms with Crippen molar-refractivity contribution in [1.82, 2.24) is 20.4 Å². The number of nitrogens with one attached hydrogen (secondary N) is 2. The van der Waals surface area contributed by atoms with Crippen molar-refractivity contribution in [1.29, 1.82) is 0 Å². The molecule has 0 aliphatic carbocycles. The van der Waals surface area contributed by atoms with Gasteiger partial charge in [0.1, 0.15) is 6.04 Å². The van der Waals surface area contributed by atoms with Crippen LogP contribution in [0.25, 0.3) is 0 Å². The quantitative estimate of drug-likeness (QED) is 0.804. The molecule has 0 fully saturated rings. The second-order valence-corrected chi connectivity index (χ2v) is 5.14. The highest BCUT2D eigenvalue weighted by atomic mass is 35.5.